The van der Waals surface area contributed by atoms with E-state index in [0.717, 1.165) is 24.6 Å². The molecule has 2 aromatic heterocycles. The molecule has 0 aromatic carbocycles. The second kappa shape index (κ2) is 5.02. The van der Waals surface area contributed by atoms with Crippen molar-refractivity contribution in [2.45, 2.75) is 35.1 Å². The lowest BCUT2D eigenvalue weighted by atomic mass is 10.4. The fourth-order valence-corrected chi connectivity index (χ4v) is 2.64. The van der Waals surface area contributed by atoms with Gasteiger partial charge in [0.25, 0.3) is 5.82 Å². The van der Waals surface area contributed by atoms with Crippen molar-refractivity contribution in [1.82, 2.24) is 24.8 Å². The Bertz CT molecular complexity index is 684. The molecule has 0 aliphatic heterocycles. The van der Waals surface area contributed by atoms with Crippen LogP contribution in [0.2, 0.25) is 5.15 Å². The first kappa shape index (κ1) is 14.4. The van der Waals surface area contributed by atoms with Crippen LogP contribution in [0.3, 0.4) is 0 Å². The molecule has 1 aliphatic rings. The summed E-state index contributed by atoms with van der Waals surface area (Å²) in [5.41, 5.74) is 0. The van der Waals surface area contributed by atoms with Crippen molar-refractivity contribution >= 4 is 23.4 Å². The van der Waals surface area contributed by atoms with Crippen molar-refractivity contribution < 1.29 is 13.2 Å². The van der Waals surface area contributed by atoms with Crippen LogP contribution in [-0.4, -0.2) is 24.8 Å². The molecule has 2 aromatic rings. The number of nitrogens with two attached hydrogens (primary N) is 1. The highest BCUT2D eigenvalue weighted by molar-refractivity contribution is 7.99. The van der Waals surface area contributed by atoms with Crippen molar-refractivity contribution in [3.05, 3.63) is 22.9 Å². The monoisotopic (exact) mass is 336 g/mol. The van der Waals surface area contributed by atoms with Crippen LogP contribution in [-0.2, 0) is 6.18 Å². The minimum Gasteiger partial charge on any atom is -0.335 e. The summed E-state index contributed by atoms with van der Waals surface area (Å²) >= 11 is 6.74. The maximum absolute atomic E-state index is 12.6. The number of hydrogen-bond acceptors (Lipinski definition) is 6. The van der Waals surface area contributed by atoms with E-state index in [2.05, 4.69) is 20.2 Å². The fourth-order valence-electron chi connectivity index (χ4n) is 1.62. The quantitative estimate of drug-likeness (QED) is 0.685. The van der Waals surface area contributed by atoms with Gasteiger partial charge in [-0.05, 0) is 24.6 Å². The Labute approximate surface area is 125 Å². The number of alkyl halides is 3. The summed E-state index contributed by atoms with van der Waals surface area (Å²) in [6.45, 7) is 0. The van der Waals surface area contributed by atoms with Crippen LogP contribution in [0.5, 0.6) is 0 Å². The predicted molar refractivity (Wildman–Crippen MR) is 68.3 cm³/mol. The van der Waals surface area contributed by atoms with Crippen LogP contribution in [0, 0.1) is 0 Å². The Morgan fingerprint density at radius 1 is 1.29 bits per heavy atom. The molecule has 1 aliphatic carbocycles. The smallest absolute Gasteiger partial charge is 0.335 e. The van der Waals surface area contributed by atoms with Gasteiger partial charge in [0.2, 0.25) is 5.16 Å². The van der Waals surface area contributed by atoms with E-state index in [1.54, 1.807) is 0 Å². The molecular weight excluding hydrogens is 329 g/mol. The maximum Gasteiger partial charge on any atom is 0.453 e. The number of nitrogen functional groups attached to an aromatic ring is 1. The van der Waals surface area contributed by atoms with Gasteiger partial charge in [-0.25, -0.2) is 14.6 Å². The van der Waals surface area contributed by atoms with Crippen LogP contribution in [0.25, 0.3) is 0 Å². The van der Waals surface area contributed by atoms with Crippen LogP contribution >= 0.6 is 23.4 Å². The molecule has 0 amide bonds. The molecular formula is C10H8ClF3N6S. The van der Waals surface area contributed by atoms with E-state index in [-0.39, 0.29) is 16.2 Å². The highest BCUT2D eigenvalue weighted by atomic mass is 35.5. The van der Waals surface area contributed by atoms with Gasteiger partial charge in [0.05, 0.1) is 0 Å². The molecule has 3 rings (SSSR count). The highest BCUT2D eigenvalue weighted by Crippen LogP contribution is 2.39. The molecule has 1 saturated carbocycles. The maximum atomic E-state index is 12.6. The number of rotatable bonds is 3. The third-order valence-corrected chi connectivity index (χ3v) is 3.82. The fraction of sp³-hybridized carbons (Fsp3) is 0.400. The number of halogens is 4. The van der Waals surface area contributed by atoms with E-state index in [1.807, 2.05) is 0 Å². The van der Waals surface area contributed by atoms with Crippen molar-refractivity contribution in [3.8, 4) is 0 Å². The molecule has 0 saturated heterocycles. The van der Waals surface area contributed by atoms with Gasteiger partial charge in [-0.1, -0.05) is 11.6 Å². The first-order chi connectivity index (χ1) is 9.84. The van der Waals surface area contributed by atoms with E-state index in [9.17, 15) is 13.2 Å². The molecule has 21 heavy (non-hydrogen) atoms. The van der Waals surface area contributed by atoms with Crippen molar-refractivity contribution in [2.24, 2.45) is 0 Å². The first-order valence-corrected chi connectivity index (χ1v) is 7.04. The topological polar surface area (TPSA) is 82.5 Å². The summed E-state index contributed by atoms with van der Waals surface area (Å²) < 4.78 is 38.1. The zero-order valence-electron chi connectivity index (χ0n) is 10.3. The molecule has 2 N–H and O–H groups in total. The third-order valence-electron chi connectivity index (χ3n) is 2.75. The van der Waals surface area contributed by atoms with E-state index in [4.69, 9.17) is 17.4 Å². The molecule has 0 radical (unpaired) electrons. The molecule has 0 spiro atoms. The summed E-state index contributed by atoms with van der Waals surface area (Å²) in [6.07, 6.45) is -2.70. The zero-order valence-corrected chi connectivity index (χ0v) is 11.9. The average molecular weight is 337 g/mol. The van der Waals surface area contributed by atoms with Crippen molar-refractivity contribution in [1.29, 1.82) is 0 Å². The van der Waals surface area contributed by atoms with Gasteiger partial charge in [0.15, 0.2) is 0 Å². The lowest BCUT2D eigenvalue weighted by molar-refractivity contribution is -0.146. The Kier molecular flexibility index (Phi) is 3.44. The van der Waals surface area contributed by atoms with E-state index in [1.165, 1.54) is 6.07 Å². The summed E-state index contributed by atoms with van der Waals surface area (Å²) in [6, 6.07) is 1.44. The summed E-state index contributed by atoms with van der Waals surface area (Å²) in [4.78, 5) is 8.34. The van der Waals surface area contributed by atoms with E-state index < -0.39 is 12.0 Å². The van der Waals surface area contributed by atoms with Gasteiger partial charge in [-0.15, -0.1) is 10.2 Å². The summed E-state index contributed by atoms with van der Waals surface area (Å²) in [5.74, 6) is 4.94. The Balaban J connectivity index is 1.88. The van der Waals surface area contributed by atoms with Crippen LogP contribution in [0.15, 0.2) is 16.2 Å². The van der Waals surface area contributed by atoms with Gasteiger partial charge in [-0.3, -0.25) is 0 Å². The minimum atomic E-state index is -4.66. The molecule has 112 valence electrons. The highest BCUT2D eigenvalue weighted by Gasteiger charge is 2.38. The number of hydrogen-bond donors (Lipinski definition) is 1. The zero-order chi connectivity index (χ0) is 15.2. The second-order valence-electron chi connectivity index (χ2n) is 4.44. The molecule has 6 nitrogen and oxygen atoms in total. The molecule has 0 unspecified atom stereocenters. The standard InChI is InChI=1S/C10H8ClF3N6S/c11-5-3-6(17-7(16-5)4-1-2-4)21-9-19-18-8(20(9)15)10(12,13)14/h3-4H,1-2,15H2. The molecule has 2 heterocycles. The Morgan fingerprint density at radius 2 is 2.00 bits per heavy atom. The SMILES string of the molecule is Nn1c(Sc2cc(Cl)nc(C3CC3)n2)nnc1C(F)(F)F. The Hall–Kier alpha value is -1.55. The van der Waals surface area contributed by atoms with Gasteiger partial charge in [0.1, 0.15) is 16.0 Å². The van der Waals surface area contributed by atoms with E-state index >= 15 is 0 Å². The van der Waals surface area contributed by atoms with Gasteiger partial charge in [0, 0.05) is 12.0 Å². The summed E-state index contributed by atoms with van der Waals surface area (Å²) in [7, 11) is 0. The lowest BCUT2D eigenvalue weighted by Crippen LogP contribution is -2.21. The van der Waals surface area contributed by atoms with Crippen molar-refractivity contribution in [3.63, 3.8) is 0 Å². The van der Waals surface area contributed by atoms with Gasteiger partial charge in [-0.2, -0.15) is 13.2 Å². The third kappa shape index (κ3) is 3.05. The number of nitrogens with zero attached hydrogens (tertiary/aromatic N) is 5. The minimum absolute atomic E-state index is 0.126. The van der Waals surface area contributed by atoms with Crippen molar-refractivity contribution in [2.75, 3.05) is 5.84 Å². The average Bonchev–Trinajstić information content (AvgIpc) is 3.14. The molecule has 1 fully saturated rings. The second-order valence-corrected chi connectivity index (χ2v) is 5.81. The predicted octanol–water partition coefficient (Wildman–Crippen LogP) is 2.48. The summed E-state index contributed by atoms with van der Waals surface area (Å²) in [5, 5.41) is 6.95. The van der Waals surface area contributed by atoms with Crippen LogP contribution in [0.1, 0.15) is 30.4 Å². The number of aromatic nitrogens is 5. The van der Waals surface area contributed by atoms with Gasteiger partial charge < -0.3 is 5.84 Å². The molecule has 0 bridgehead atoms. The first-order valence-electron chi connectivity index (χ1n) is 5.84. The normalized spacial score (nSPS) is 15.4. The molecule has 11 heteroatoms. The largest absolute Gasteiger partial charge is 0.453 e. The van der Waals surface area contributed by atoms with E-state index in [0.29, 0.717) is 15.5 Å². The lowest BCUT2D eigenvalue weighted by Gasteiger charge is -2.06. The van der Waals surface area contributed by atoms with Crippen LogP contribution < -0.4 is 5.84 Å². The molecule has 0 atom stereocenters. The Morgan fingerprint density at radius 3 is 2.57 bits per heavy atom. The van der Waals surface area contributed by atoms with Gasteiger partial charge >= 0.3 is 6.18 Å². The van der Waals surface area contributed by atoms with Crippen LogP contribution in [0.4, 0.5) is 13.2 Å².